The fraction of sp³-hybridized carbons (Fsp3) is 0.900. The van der Waals surface area contributed by atoms with Crippen molar-refractivity contribution in [2.45, 2.75) is 24.8 Å². The van der Waals surface area contributed by atoms with Crippen molar-refractivity contribution >= 4 is 5.97 Å². The van der Waals surface area contributed by atoms with Gasteiger partial charge in [0.15, 0.2) is 0 Å². The molecule has 0 saturated carbocycles. The Morgan fingerprint density at radius 2 is 2.21 bits per heavy atom. The second-order valence-electron chi connectivity index (χ2n) is 4.53. The van der Waals surface area contributed by atoms with E-state index in [1.165, 1.54) is 0 Å². The van der Waals surface area contributed by atoms with Gasteiger partial charge < -0.3 is 14.9 Å². The molecule has 0 radical (unpaired) electrons. The Morgan fingerprint density at radius 3 is 2.64 bits per heavy atom. The first-order valence-electron chi connectivity index (χ1n) is 5.04. The molecule has 1 aliphatic heterocycles. The SMILES string of the molecule is CN1CCCC(CC(=O)O)(N(C)C)C1. The fourth-order valence-electron chi connectivity index (χ4n) is 2.29. The average Bonchev–Trinajstić information content (AvgIpc) is 2.02. The van der Waals surface area contributed by atoms with Crippen LogP contribution in [0.4, 0.5) is 0 Å². The van der Waals surface area contributed by atoms with E-state index >= 15 is 0 Å². The summed E-state index contributed by atoms with van der Waals surface area (Å²) in [5.74, 6) is -0.700. The molecule has 1 saturated heterocycles. The number of likely N-dealkylation sites (tertiary alicyclic amines) is 1. The fourth-order valence-corrected chi connectivity index (χ4v) is 2.29. The molecule has 1 fully saturated rings. The van der Waals surface area contributed by atoms with Crippen molar-refractivity contribution in [3.05, 3.63) is 0 Å². The van der Waals surface area contributed by atoms with Crippen LogP contribution in [0.3, 0.4) is 0 Å². The zero-order valence-corrected chi connectivity index (χ0v) is 9.29. The second kappa shape index (κ2) is 4.28. The van der Waals surface area contributed by atoms with Crippen LogP contribution in [0.25, 0.3) is 0 Å². The Balaban J connectivity index is 2.74. The summed E-state index contributed by atoms with van der Waals surface area (Å²) >= 11 is 0. The van der Waals surface area contributed by atoms with Gasteiger partial charge in [-0.25, -0.2) is 0 Å². The smallest absolute Gasteiger partial charge is 0.305 e. The van der Waals surface area contributed by atoms with E-state index in [1.807, 2.05) is 14.1 Å². The summed E-state index contributed by atoms with van der Waals surface area (Å²) < 4.78 is 0. The van der Waals surface area contributed by atoms with Crippen molar-refractivity contribution in [3.8, 4) is 0 Å². The zero-order chi connectivity index (χ0) is 10.8. The highest BCUT2D eigenvalue weighted by Gasteiger charge is 2.38. The van der Waals surface area contributed by atoms with Crippen LogP contribution >= 0.6 is 0 Å². The molecule has 1 rings (SSSR count). The molecule has 1 N–H and O–H groups in total. The molecular weight excluding hydrogens is 180 g/mol. The Labute approximate surface area is 85.5 Å². The van der Waals surface area contributed by atoms with Gasteiger partial charge in [-0.1, -0.05) is 0 Å². The largest absolute Gasteiger partial charge is 0.481 e. The summed E-state index contributed by atoms with van der Waals surface area (Å²) in [4.78, 5) is 15.1. The summed E-state index contributed by atoms with van der Waals surface area (Å²) in [6, 6.07) is 0. The van der Waals surface area contributed by atoms with Gasteiger partial charge in [0, 0.05) is 12.1 Å². The molecule has 1 unspecified atom stereocenters. The van der Waals surface area contributed by atoms with Crippen LogP contribution in [0.15, 0.2) is 0 Å². The number of hydrogen-bond donors (Lipinski definition) is 1. The molecule has 4 heteroatoms. The van der Waals surface area contributed by atoms with Gasteiger partial charge in [0.25, 0.3) is 0 Å². The number of hydrogen-bond acceptors (Lipinski definition) is 3. The topological polar surface area (TPSA) is 43.8 Å². The molecule has 0 aromatic heterocycles. The maximum Gasteiger partial charge on any atom is 0.305 e. The molecule has 0 bridgehead atoms. The maximum atomic E-state index is 10.8. The van der Waals surface area contributed by atoms with Crippen molar-refractivity contribution in [3.63, 3.8) is 0 Å². The normalized spacial score (nSPS) is 29.4. The monoisotopic (exact) mass is 200 g/mol. The molecule has 1 atom stereocenters. The molecule has 0 aliphatic carbocycles. The van der Waals surface area contributed by atoms with E-state index in [0.717, 1.165) is 25.9 Å². The van der Waals surface area contributed by atoms with Crippen LogP contribution in [-0.4, -0.2) is 60.6 Å². The van der Waals surface area contributed by atoms with E-state index in [2.05, 4.69) is 16.8 Å². The number of carboxylic acids is 1. The number of aliphatic carboxylic acids is 1. The van der Waals surface area contributed by atoms with Crippen LogP contribution in [-0.2, 0) is 4.79 Å². The highest BCUT2D eigenvalue weighted by atomic mass is 16.4. The lowest BCUT2D eigenvalue weighted by Crippen LogP contribution is -2.56. The Morgan fingerprint density at radius 1 is 1.57 bits per heavy atom. The van der Waals surface area contributed by atoms with E-state index in [1.54, 1.807) is 0 Å². The molecule has 0 aromatic rings. The summed E-state index contributed by atoms with van der Waals surface area (Å²) in [7, 11) is 6.00. The van der Waals surface area contributed by atoms with E-state index in [9.17, 15) is 4.79 Å². The van der Waals surface area contributed by atoms with Gasteiger partial charge in [-0.3, -0.25) is 4.79 Å². The van der Waals surface area contributed by atoms with Crippen molar-refractivity contribution in [2.24, 2.45) is 0 Å². The van der Waals surface area contributed by atoms with Crippen LogP contribution < -0.4 is 0 Å². The number of likely N-dealkylation sites (N-methyl/N-ethyl adjacent to an activating group) is 2. The van der Waals surface area contributed by atoms with Crippen LogP contribution in [0.2, 0.25) is 0 Å². The van der Waals surface area contributed by atoms with Gasteiger partial charge in [-0.15, -0.1) is 0 Å². The molecule has 0 aromatic carbocycles. The summed E-state index contributed by atoms with van der Waals surface area (Å²) in [6.07, 6.45) is 2.31. The predicted octanol–water partition coefficient (Wildman–Crippen LogP) is 0.487. The van der Waals surface area contributed by atoms with Crippen molar-refractivity contribution in [1.82, 2.24) is 9.80 Å². The van der Waals surface area contributed by atoms with E-state index in [4.69, 9.17) is 5.11 Å². The second-order valence-corrected chi connectivity index (χ2v) is 4.53. The van der Waals surface area contributed by atoms with Gasteiger partial charge in [-0.2, -0.15) is 0 Å². The van der Waals surface area contributed by atoms with Crippen LogP contribution in [0.1, 0.15) is 19.3 Å². The van der Waals surface area contributed by atoms with Crippen molar-refractivity contribution in [1.29, 1.82) is 0 Å². The van der Waals surface area contributed by atoms with Crippen LogP contribution in [0, 0.1) is 0 Å². The number of nitrogens with zero attached hydrogens (tertiary/aromatic N) is 2. The molecule has 14 heavy (non-hydrogen) atoms. The molecule has 0 spiro atoms. The zero-order valence-electron chi connectivity index (χ0n) is 9.29. The quantitative estimate of drug-likeness (QED) is 0.720. The van der Waals surface area contributed by atoms with Crippen LogP contribution in [0.5, 0.6) is 0 Å². The third-order valence-corrected chi connectivity index (χ3v) is 3.18. The number of rotatable bonds is 3. The lowest BCUT2D eigenvalue weighted by atomic mass is 9.85. The van der Waals surface area contributed by atoms with Crippen molar-refractivity contribution in [2.75, 3.05) is 34.2 Å². The van der Waals surface area contributed by atoms with E-state index in [0.29, 0.717) is 0 Å². The highest BCUT2D eigenvalue weighted by Crippen LogP contribution is 2.28. The Bertz CT molecular complexity index is 218. The minimum Gasteiger partial charge on any atom is -0.481 e. The number of piperidine rings is 1. The lowest BCUT2D eigenvalue weighted by molar-refractivity contribution is -0.141. The summed E-state index contributed by atoms with van der Waals surface area (Å²) in [5, 5.41) is 8.92. The minimum atomic E-state index is -0.700. The van der Waals surface area contributed by atoms with Crippen molar-refractivity contribution < 1.29 is 9.90 Å². The third-order valence-electron chi connectivity index (χ3n) is 3.18. The first kappa shape index (κ1) is 11.5. The van der Waals surface area contributed by atoms with Gasteiger partial charge in [0.1, 0.15) is 0 Å². The number of carbonyl (C=O) groups is 1. The van der Waals surface area contributed by atoms with E-state index < -0.39 is 5.97 Å². The molecule has 1 aliphatic rings. The summed E-state index contributed by atoms with van der Waals surface area (Å²) in [5.41, 5.74) is -0.168. The molecule has 0 amide bonds. The summed E-state index contributed by atoms with van der Waals surface area (Å²) in [6.45, 7) is 1.93. The van der Waals surface area contributed by atoms with Gasteiger partial charge in [0.05, 0.1) is 6.42 Å². The third kappa shape index (κ3) is 2.45. The van der Waals surface area contributed by atoms with E-state index in [-0.39, 0.29) is 12.0 Å². The Kier molecular flexibility index (Phi) is 3.50. The Hall–Kier alpha value is -0.610. The molecular formula is C10H20N2O2. The average molecular weight is 200 g/mol. The first-order chi connectivity index (χ1) is 6.46. The molecule has 1 heterocycles. The highest BCUT2D eigenvalue weighted by molar-refractivity contribution is 5.68. The predicted molar refractivity (Wildman–Crippen MR) is 55.4 cm³/mol. The minimum absolute atomic E-state index is 0.168. The first-order valence-corrected chi connectivity index (χ1v) is 5.04. The lowest BCUT2D eigenvalue weighted by Gasteiger charge is -2.45. The standard InChI is InChI=1S/C10H20N2O2/c1-11(2)10(7-9(13)14)5-4-6-12(3)8-10/h4-8H2,1-3H3,(H,13,14). The number of carboxylic acid groups (broad SMARTS) is 1. The van der Waals surface area contributed by atoms with Gasteiger partial charge in [-0.05, 0) is 40.5 Å². The maximum absolute atomic E-state index is 10.8. The molecule has 4 nitrogen and oxygen atoms in total. The van der Waals surface area contributed by atoms with Gasteiger partial charge >= 0.3 is 5.97 Å². The molecule has 82 valence electrons. The van der Waals surface area contributed by atoms with Gasteiger partial charge in [0.2, 0.25) is 0 Å².